The molecule has 0 aliphatic carbocycles. The van der Waals surface area contributed by atoms with E-state index in [1.54, 1.807) is 6.20 Å². The lowest BCUT2D eigenvalue weighted by atomic mass is 10.2. The minimum Gasteiger partial charge on any atom is -0.483 e. The Bertz CT molecular complexity index is 683. The monoisotopic (exact) mass is 302 g/mol. The third kappa shape index (κ3) is 3.04. The molecule has 0 spiro atoms. The van der Waals surface area contributed by atoms with Gasteiger partial charge in [-0.15, -0.1) is 0 Å². The Balaban J connectivity index is 1.64. The molecule has 1 aromatic heterocycles. The van der Waals surface area contributed by atoms with E-state index in [1.807, 2.05) is 29.0 Å². The minimum absolute atomic E-state index is 0.155. The van der Waals surface area contributed by atoms with Gasteiger partial charge in [0.25, 0.3) is 0 Å². The second-order valence-electron chi connectivity index (χ2n) is 5.16. The molecule has 22 heavy (non-hydrogen) atoms. The van der Waals surface area contributed by atoms with Crippen LogP contribution in [-0.2, 0) is 11.4 Å². The van der Waals surface area contributed by atoms with Crippen LogP contribution in [0.1, 0.15) is 12.7 Å². The first-order valence-corrected chi connectivity index (χ1v) is 7.09. The Labute approximate surface area is 127 Å². The van der Waals surface area contributed by atoms with Crippen LogP contribution in [0.4, 0.5) is 5.69 Å². The molecule has 2 aromatic rings. The molecule has 3 N–H and O–H groups in total. The van der Waals surface area contributed by atoms with Gasteiger partial charge in [-0.25, -0.2) is 4.98 Å². The first-order chi connectivity index (χ1) is 10.6. The fourth-order valence-electron chi connectivity index (χ4n) is 2.31. The van der Waals surface area contributed by atoms with Gasteiger partial charge in [0.05, 0.1) is 11.8 Å². The Kier molecular flexibility index (Phi) is 3.97. The Morgan fingerprint density at radius 3 is 3.18 bits per heavy atom. The van der Waals surface area contributed by atoms with Crippen LogP contribution in [0, 0.1) is 0 Å². The second kappa shape index (κ2) is 6.07. The average Bonchev–Trinajstić information content (AvgIpc) is 2.99. The van der Waals surface area contributed by atoms with E-state index >= 15 is 0 Å². The van der Waals surface area contributed by atoms with E-state index in [-0.39, 0.29) is 12.5 Å². The molecule has 3 rings (SSSR count). The highest BCUT2D eigenvalue weighted by molar-refractivity contribution is 5.72. The molecule has 1 aliphatic rings. The van der Waals surface area contributed by atoms with Crippen LogP contribution in [0.2, 0.25) is 0 Å². The molecule has 0 bridgehead atoms. The highest BCUT2D eigenvalue weighted by Gasteiger charge is 2.17. The van der Waals surface area contributed by atoms with Crippen LogP contribution in [0.25, 0.3) is 5.69 Å². The van der Waals surface area contributed by atoms with Gasteiger partial charge in [0.2, 0.25) is 5.91 Å². The summed E-state index contributed by atoms with van der Waals surface area (Å²) in [7, 11) is 0. The van der Waals surface area contributed by atoms with E-state index in [2.05, 4.69) is 15.6 Å². The number of benzene rings is 1. The van der Waals surface area contributed by atoms with Gasteiger partial charge >= 0.3 is 0 Å². The van der Waals surface area contributed by atoms with E-state index in [0.29, 0.717) is 13.2 Å². The van der Waals surface area contributed by atoms with Crippen molar-refractivity contribution < 1.29 is 14.6 Å². The number of amides is 1. The highest BCUT2D eigenvalue weighted by Crippen LogP contribution is 2.31. The third-order valence-electron chi connectivity index (χ3n) is 3.42. The van der Waals surface area contributed by atoms with Crippen LogP contribution in [0.5, 0.6) is 5.75 Å². The van der Waals surface area contributed by atoms with Crippen molar-refractivity contribution in [1.82, 2.24) is 14.9 Å². The zero-order valence-corrected chi connectivity index (χ0v) is 12.2. The second-order valence-corrected chi connectivity index (χ2v) is 5.16. The van der Waals surface area contributed by atoms with Crippen molar-refractivity contribution in [2.24, 2.45) is 0 Å². The fourth-order valence-corrected chi connectivity index (χ4v) is 2.31. The molecule has 7 nitrogen and oxygen atoms in total. The standard InChI is InChI=1S/C15H18N4O3/c1-10(20)17-7-12(21)8-18-11-2-3-13-14(6-11)22-9-15-16-4-5-19(13)15/h2-6,12,18,21H,7-9H2,1H3,(H,17,20)/t12-/m0/s1. The Morgan fingerprint density at radius 2 is 2.36 bits per heavy atom. The van der Waals surface area contributed by atoms with E-state index < -0.39 is 6.10 Å². The SMILES string of the molecule is CC(=O)NC[C@H](O)CNc1ccc2c(c1)OCc1nccn1-2. The molecule has 1 atom stereocenters. The molecule has 0 saturated carbocycles. The smallest absolute Gasteiger partial charge is 0.216 e. The van der Waals surface area contributed by atoms with Crippen molar-refractivity contribution in [3.8, 4) is 11.4 Å². The normalized spacial score (nSPS) is 13.5. The molecule has 1 aromatic carbocycles. The number of ether oxygens (including phenoxy) is 1. The van der Waals surface area contributed by atoms with Crippen molar-refractivity contribution in [2.45, 2.75) is 19.6 Å². The molecular weight excluding hydrogens is 284 g/mol. The average molecular weight is 302 g/mol. The molecule has 116 valence electrons. The van der Waals surface area contributed by atoms with Gasteiger partial charge in [-0.2, -0.15) is 0 Å². The maximum absolute atomic E-state index is 10.8. The lowest BCUT2D eigenvalue weighted by Crippen LogP contribution is -2.34. The summed E-state index contributed by atoms with van der Waals surface area (Å²) in [6.07, 6.45) is 3.00. The Hall–Kier alpha value is -2.54. The zero-order valence-electron chi connectivity index (χ0n) is 12.2. The first kappa shape index (κ1) is 14.4. The number of fused-ring (bicyclic) bond motifs is 3. The summed E-state index contributed by atoms with van der Waals surface area (Å²) in [5.41, 5.74) is 1.80. The molecular formula is C15H18N4O3. The number of aromatic nitrogens is 2. The van der Waals surface area contributed by atoms with E-state index in [4.69, 9.17) is 4.74 Å². The maximum atomic E-state index is 10.8. The lowest BCUT2D eigenvalue weighted by molar-refractivity contribution is -0.119. The van der Waals surface area contributed by atoms with Gasteiger partial charge in [0.15, 0.2) is 5.82 Å². The molecule has 1 aliphatic heterocycles. The molecule has 0 fully saturated rings. The number of carbonyl (C=O) groups excluding carboxylic acids is 1. The summed E-state index contributed by atoms with van der Waals surface area (Å²) in [6, 6.07) is 5.76. The van der Waals surface area contributed by atoms with Crippen LogP contribution in [0.3, 0.4) is 0 Å². The van der Waals surface area contributed by atoms with Gasteiger partial charge < -0.3 is 20.5 Å². The first-order valence-electron chi connectivity index (χ1n) is 7.09. The third-order valence-corrected chi connectivity index (χ3v) is 3.42. The van der Waals surface area contributed by atoms with Gasteiger partial charge in [0.1, 0.15) is 12.4 Å². The number of anilines is 1. The summed E-state index contributed by atoms with van der Waals surface area (Å²) >= 11 is 0. The minimum atomic E-state index is -0.652. The summed E-state index contributed by atoms with van der Waals surface area (Å²) in [6.45, 7) is 2.43. The quantitative estimate of drug-likeness (QED) is 0.755. The number of nitrogens with one attached hydrogen (secondary N) is 2. The topological polar surface area (TPSA) is 88.4 Å². The van der Waals surface area contributed by atoms with E-state index in [1.165, 1.54) is 6.92 Å². The summed E-state index contributed by atoms with van der Waals surface area (Å²) < 4.78 is 7.69. The van der Waals surface area contributed by atoms with Crippen LogP contribution >= 0.6 is 0 Å². The number of hydrogen-bond acceptors (Lipinski definition) is 5. The summed E-state index contributed by atoms with van der Waals surface area (Å²) in [5, 5.41) is 15.5. The number of aliphatic hydroxyl groups excluding tert-OH is 1. The Morgan fingerprint density at radius 1 is 1.50 bits per heavy atom. The molecule has 0 radical (unpaired) electrons. The van der Waals surface area contributed by atoms with E-state index in [9.17, 15) is 9.90 Å². The van der Waals surface area contributed by atoms with Crippen molar-refractivity contribution in [1.29, 1.82) is 0 Å². The number of imidazole rings is 1. The summed E-state index contributed by atoms with van der Waals surface area (Å²) in [5.74, 6) is 1.49. The lowest BCUT2D eigenvalue weighted by Gasteiger charge is -2.21. The maximum Gasteiger partial charge on any atom is 0.216 e. The molecule has 7 heteroatoms. The van der Waals surface area contributed by atoms with Gasteiger partial charge in [0, 0.05) is 44.2 Å². The van der Waals surface area contributed by atoms with Crippen LogP contribution in [-0.4, -0.2) is 39.8 Å². The van der Waals surface area contributed by atoms with Crippen LogP contribution in [0.15, 0.2) is 30.6 Å². The number of nitrogens with zero attached hydrogens (tertiary/aromatic N) is 2. The van der Waals surface area contributed by atoms with Crippen molar-refractivity contribution in [3.05, 3.63) is 36.4 Å². The van der Waals surface area contributed by atoms with Crippen molar-refractivity contribution in [3.63, 3.8) is 0 Å². The molecule has 1 amide bonds. The number of aliphatic hydroxyl groups is 1. The number of rotatable bonds is 5. The zero-order chi connectivity index (χ0) is 15.5. The predicted octanol–water partition coefficient (Wildman–Crippen LogP) is 0.674. The number of hydrogen-bond donors (Lipinski definition) is 3. The predicted molar refractivity (Wildman–Crippen MR) is 81.1 cm³/mol. The molecule has 0 saturated heterocycles. The summed E-state index contributed by atoms with van der Waals surface area (Å²) in [4.78, 5) is 15.0. The van der Waals surface area contributed by atoms with Crippen molar-refractivity contribution >= 4 is 11.6 Å². The fraction of sp³-hybridized carbons (Fsp3) is 0.333. The highest BCUT2D eigenvalue weighted by atomic mass is 16.5. The van der Waals surface area contributed by atoms with Gasteiger partial charge in [-0.05, 0) is 12.1 Å². The molecule has 0 unspecified atom stereocenters. The van der Waals surface area contributed by atoms with Gasteiger partial charge in [-0.3, -0.25) is 9.36 Å². The number of carbonyl (C=O) groups is 1. The van der Waals surface area contributed by atoms with Crippen LogP contribution < -0.4 is 15.4 Å². The largest absolute Gasteiger partial charge is 0.483 e. The van der Waals surface area contributed by atoms with Crippen molar-refractivity contribution in [2.75, 3.05) is 18.4 Å². The van der Waals surface area contributed by atoms with Gasteiger partial charge in [-0.1, -0.05) is 0 Å². The van der Waals surface area contributed by atoms with E-state index in [0.717, 1.165) is 22.9 Å². The molecule has 2 heterocycles.